The van der Waals surface area contributed by atoms with Gasteiger partial charge in [0.2, 0.25) is 5.95 Å². The monoisotopic (exact) mass is 313 g/mol. The van der Waals surface area contributed by atoms with E-state index >= 15 is 0 Å². The Morgan fingerprint density at radius 1 is 1.43 bits per heavy atom. The van der Waals surface area contributed by atoms with Gasteiger partial charge in [-0.3, -0.25) is 0 Å². The van der Waals surface area contributed by atoms with Gasteiger partial charge in [-0.1, -0.05) is 19.8 Å². The first kappa shape index (κ1) is 15.9. The number of anilines is 2. The molecule has 7 nitrogen and oxygen atoms in total. The molecule has 1 N–H and O–H groups in total. The van der Waals surface area contributed by atoms with Crippen LogP contribution in [0.5, 0.6) is 0 Å². The van der Waals surface area contributed by atoms with Gasteiger partial charge in [0.25, 0.3) is 0 Å². The van der Waals surface area contributed by atoms with Gasteiger partial charge in [-0.05, 0) is 12.8 Å². The zero-order valence-electron chi connectivity index (χ0n) is 12.6. The number of nitrogens with one attached hydrogen (secondary N) is 1. The van der Waals surface area contributed by atoms with E-state index in [1.54, 1.807) is 6.20 Å². The summed E-state index contributed by atoms with van der Waals surface area (Å²) in [5.74, 6) is 1.59. The predicted molar refractivity (Wildman–Crippen MR) is 83.3 cm³/mol. The van der Waals surface area contributed by atoms with Crippen molar-refractivity contribution in [1.29, 1.82) is 0 Å². The lowest BCUT2D eigenvalue weighted by Crippen LogP contribution is -2.33. The van der Waals surface area contributed by atoms with E-state index in [9.17, 15) is 8.42 Å². The molecule has 0 aliphatic carbocycles. The normalized spacial score (nSPS) is 20.4. The van der Waals surface area contributed by atoms with Crippen LogP contribution in [-0.4, -0.2) is 54.7 Å². The molecule has 0 saturated carbocycles. The molecule has 8 heteroatoms. The van der Waals surface area contributed by atoms with Gasteiger partial charge in [-0.25, -0.2) is 8.42 Å². The molecule has 1 saturated heterocycles. The van der Waals surface area contributed by atoms with E-state index in [1.807, 2.05) is 11.9 Å². The summed E-state index contributed by atoms with van der Waals surface area (Å²) in [5, 5.41) is 11.1. The second-order valence-electron chi connectivity index (χ2n) is 5.44. The lowest BCUT2D eigenvalue weighted by atomic mass is 10.2. The average molecular weight is 313 g/mol. The number of rotatable bonds is 7. The van der Waals surface area contributed by atoms with Crippen molar-refractivity contribution in [3.8, 4) is 0 Å². The van der Waals surface area contributed by atoms with Gasteiger partial charge >= 0.3 is 0 Å². The first-order valence-corrected chi connectivity index (χ1v) is 9.21. The van der Waals surface area contributed by atoms with E-state index in [-0.39, 0.29) is 17.5 Å². The minimum Gasteiger partial charge on any atom is -0.354 e. The third kappa shape index (κ3) is 4.52. The minimum absolute atomic E-state index is 0.0281. The summed E-state index contributed by atoms with van der Waals surface area (Å²) in [5.41, 5.74) is 0. The van der Waals surface area contributed by atoms with Gasteiger partial charge in [-0.2, -0.15) is 10.1 Å². The highest BCUT2D eigenvalue weighted by atomic mass is 32.2. The Balaban J connectivity index is 1.96. The van der Waals surface area contributed by atoms with E-state index in [1.165, 1.54) is 12.8 Å². The van der Waals surface area contributed by atoms with Crippen molar-refractivity contribution in [3.05, 3.63) is 6.20 Å². The average Bonchev–Trinajstić information content (AvgIpc) is 2.83. The van der Waals surface area contributed by atoms with Crippen LogP contribution in [-0.2, 0) is 9.84 Å². The fourth-order valence-electron chi connectivity index (χ4n) is 2.38. The maximum absolute atomic E-state index is 11.6. The van der Waals surface area contributed by atoms with Gasteiger partial charge in [0.05, 0.1) is 17.7 Å². The Bertz CT molecular complexity index is 563. The second-order valence-corrected chi connectivity index (χ2v) is 7.67. The molecule has 0 spiro atoms. The molecule has 1 aromatic heterocycles. The van der Waals surface area contributed by atoms with Gasteiger partial charge in [0.15, 0.2) is 15.7 Å². The molecule has 2 rings (SSSR count). The lowest BCUT2D eigenvalue weighted by molar-refractivity contribution is 0.600. The van der Waals surface area contributed by atoms with Crippen LogP contribution < -0.4 is 10.2 Å². The third-order valence-corrected chi connectivity index (χ3v) is 5.48. The van der Waals surface area contributed by atoms with E-state index in [4.69, 9.17) is 0 Å². The van der Waals surface area contributed by atoms with Crippen molar-refractivity contribution in [2.24, 2.45) is 0 Å². The fraction of sp³-hybridized carbons (Fsp3) is 0.769. The zero-order chi connectivity index (χ0) is 15.3. The van der Waals surface area contributed by atoms with Crippen LogP contribution in [0.4, 0.5) is 11.8 Å². The first-order chi connectivity index (χ1) is 10.0. The minimum atomic E-state index is -2.90. The van der Waals surface area contributed by atoms with Gasteiger partial charge in [0, 0.05) is 19.6 Å². The molecule has 0 bridgehead atoms. The summed E-state index contributed by atoms with van der Waals surface area (Å²) in [6.07, 6.45) is 5.62. The summed E-state index contributed by atoms with van der Waals surface area (Å²) < 4.78 is 23.1. The van der Waals surface area contributed by atoms with Crippen LogP contribution in [0.15, 0.2) is 6.20 Å². The van der Waals surface area contributed by atoms with Crippen LogP contribution in [0.3, 0.4) is 0 Å². The van der Waals surface area contributed by atoms with Crippen molar-refractivity contribution in [2.45, 2.75) is 38.6 Å². The smallest absolute Gasteiger partial charge is 0.244 e. The fourth-order valence-corrected chi connectivity index (χ4v) is 4.16. The van der Waals surface area contributed by atoms with Crippen molar-refractivity contribution in [3.63, 3.8) is 0 Å². The Kier molecular flexibility index (Phi) is 5.33. The topological polar surface area (TPSA) is 88.1 Å². The first-order valence-electron chi connectivity index (χ1n) is 7.38. The second kappa shape index (κ2) is 7.02. The van der Waals surface area contributed by atoms with Crippen LogP contribution in [0.2, 0.25) is 0 Å². The summed E-state index contributed by atoms with van der Waals surface area (Å²) >= 11 is 0. The standard InChI is InChI=1S/C13H23N5O2S/c1-3-4-5-7-14-13-16-12(9-15-17-13)18(2)11-6-8-21(19,20)10-11/h9,11H,3-8,10H2,1-2H3,(H,14,16,17). The number of aromatic nitrogens is 3. The Labute approximate surface area is 126 Å². The van der Waals surface area contributed by atoms with E-state index < -0.39 is 9.84 Å². The maximum Gasteiger partial charge on any atom is 0.244 e. The molecule has 1 atom stereocenters. The largest absolute Gasteiger partial charge is 0.354 e. The zero-order valence-corrected chi connectivity index (χ0v) is 13.4. The van der Waals surface area contributed by atoms with Crippen LogP contribution in [0.1, 0.15) is 32.6 Å². The van der Waals surface area contributed by atoms with E-state index in [2.05, 4.69) is 27.4 Å². The summed E-state index contributed by atoms with van der Waals surface area (Å²) in [6.45, 7) is 2.98. The molecule has 21 heavy (non-hydrogen) atoms. The lowest BCUT2D eigenvalue weighted by Gasteiger charge is -2.24. The molecule has 0 aromatic carbocycles. The highest BCUT2D eigenvalue weighted by Gasteiger charge is 2.31. The number of sulfone groups is 1. The summed E-state index contributed by atoms with van der Waals surface area (Å²) in [4.78, 5) is 6.29. The molecule has 0 radical (unpaired) electrons. The Morgan fingerprint density at radius 2 is 2.24 bits per heavy atom. The number of hydrogen-bond donors (Lipinski definition) is 1. The van der Waals surface area contributed by atoms with Crippen LogP contribution >= 0.6 is 0 Å². The molecule has 0 amide bonds. The van der Waals surface area contributed by atoms with Crippen molar-refractivity contribution in [1.82, 2.24) is 15.2 Å². The van der Waals surface area contributed by atoms with Crippen LogP contribution in [0, 0.1) is 0 Å². The molecule has 118 valence electrons. The highest BCUT2D eigenvalue weighted by molar-refractivity contribution is 7.91. The summed E-state index contributed by atoms with van der Waals surface area (Å²) in [7, 11) is -1.04. The molecule has 1 fully saturated rings. The highest BCUT2D eigenvalue weighted by Crippen LogP contribution is 2.21. The maximum atomic E-state index is 11.6. The Hall–Kier alpha value is -1.44. The van der Waals surface area contributed by atoms with Gasteiger partial charge in [-0.15, -0.1) is 5.10 Å². The molecule has 1 unspecified atom stereocenters. The van der Waals surface area contributed by atoms with Crippen molar-refractivity contribution < 1.29 is 8.42 Å². The van der Waals surface area contributed by atoms with E-state index in [0.717, 1.165) is 13.0 Å². The Morgan fingerprint density at radius 3 is 2.90 bits per heavy atom. The predicted octanol–water partition coefficient (Wildman–Crippen LogP) is 1.10. The van der Waals surface area contributed by atoms with Crippen LogP contribution in [0.25, 0.3) is 0 Å². The van der Waals surface area contributed by atoms with Gasteiger partial charge in [0.1, 0.15) is 0 Å². The van der Waals surface area contributed by atoms with E-state index in [0.29, 0.717) is 18.2 Å². The summed E-state index contributed by atoms with van der Waals surface area (Å²) in [6, 6.07) is -0.0281. The SMILES string of the molecule is CCCCCNc1nncc(N(C)C2CCS(=O)(=O)C2)n1. The van der Waals surface area contributed by atoms with Crippen molar-refractivity contribution in [2.75, 3.05) is 35.3 Å². The molecule has 1 aromatic rings. The van der Waals surface area contributed by atoms with Gasteiger partial charge < -0.3 is 10.2 Å². The molecule has 2 heterocycles. The number of nitrogens with zero attached hydrogens (tertiary/aromatic N) is 4. The molecule has 1 aliphatic rings. The molecular weight excluding hydrogens is 290 g/mol. The molecular formula is C13H23N5O2S. The third-order valence-electron chi connectivity index (χ3n) is 3.73. The number of hydrogen-bond acceptors (Lipinski definition) is 7. The quantitative estimate of drug-likeness (QED) is 0.754. The van der Waals surface area contributed by atoms with Crippen molar-refractivity contribution >= 4 is 21.6 Å². The number of unbranched alkanes of at least 4 members (excludes halogenated alkanes) is 2. The molecule has 1 aliphatic heterocycles.